The molecule has 1 rings (SSSR count). The van der Waals surface area contributed by atoms with Crippen LogP contribution in [0, 0.1) is 5.82 Å². The fourth-order valence-electron chi connectivity index (χ4n) is 1.80. The van der Waals surface area contributed by atoms with E-state index in [1.54, 1.807) is 28.8 Å². The van der Waals surface area contributed by atoms with Crippen LogP contribution in [0.25, 0.3) is 0 Å². The minimum Gasteiger partial charge on any atom is -0.375 e. The van der Waals surface area contributed by atoms with Gasteiger partial charge >= 0.3 is 0 Å². The van der Waals surface area contributed by atoms with Gasteiger partial charge in [-0.3, -0.25) is 0 Å². The molecule has 0 heterocycles. The molecular weight excluding hydrogens is 287 g/mol. The lowest BCUT2D eigenvalue weighted by Gasteiger charge is -2.14. The Labute approximate surface area is 131 Å². The number of aliphatic imine (C=N–C) groups is 1. The molecule has 0 aliphatic carbocycles. The Morgan fingerprint density at radius 3 is 2.67 bits per heavy atom. The second-order valence-corrected chi connectivity index (χ2v) is 5.78. The van der Waals surface area contributed by atoms with Crippen LogP contribution in [-0.4, -0.2) is 45.2 Å². The average molecular weight is 312 g/mol. The molecule has 1 aromatic rings. The standard InChI is InChI=1S/C15H25FN4S/c1-5-17-15(18-8-9-21-4)19-11-12-6-7-14(20(2)3)13(16)10-12/h6-7,10H,5,8-9,11H2,1-4H3,(H2,17,18,19). The number of nitrogens with one attached hydrogen (secondary N) is 2. The van der Waals surface area contributed by atoms with Crippen LogP contribution in [0.3, 0.4) is 0 Å². The Kier molecular flexibility index (Phi) is 7.97. The molecular formula is C15H25FN4S. The van der Waals surface area contributed by atoms with E-state index in [4.69, 9.17) is 0 Å². The first-order valence-corrected chi connectivity index (χ1v) is 8.44. The van der Waals surface area contributed by atoms with Crippen molar-refractivity contribution >= 4 is 23.4 Å². The molecule has 6 heteroatoms. The number of hydrogen-bond donors (Lipinski definition) is 2. The van der Waals surface area contributed by atoms with Gasteiger partial charge in [0, 0.05) is 32.9 Å². The zero-order chi connectivity index (χ0) is 15.7. The number of nitrogens with zero attached hydrogens (tertiary/aromatic N) is 2. The van der Waals surface area contributed by atoms with Crippen LogP contribution in [0.1, 0.15) is 12.5 Å². The van der Waals surface area contributed by atoms with Gasteiger partial charge < -0.3 is 15.5 Å². The lowest BCUT2D eigenvalue weighted by molar-refractivity contribution is 0.624. The highest BCUT2D eigenvalue weighted by atomic mass is 32.2. The quantitative estimate of drug-likeness (QED) is 0.460. The van der Waals surface area contributed by atoms with Crippen molar-refractivity contribution in [3.05, 3.63) is 29.6 Å². The number of rotatable bonds is 7. The van der Waals surface area contributed by atoms with E-state index < -0.39 is 0 Å². The van der Waals surface area contributed by atoms with Gasteiger partial charge in [0.25, 0.3) is 0 Å². The van der Waals surface area contributed by atoms with Gasteiger partial charge in [-0.15, -0.1) is 0 Å². The third kappa shape index (κ3) is 6.25. The molecule has 0 spiro atoms. The molecule has 118 valence electrons. The van der Waals surface area contributed by atoms with Crippen molar-refractivity contribution in [3.8, 4) is 0 Å². The summed E-state index contributed by atoms with van der Waals surface area (Å²) in [5.41, 5.74) is 1.45. The topological polar surface area (TPSA) is 39.7 Å². The number of benzene rings is 1. The number of hydrogen-bond acceptors (Lipinski definition) is 3. The van der Waals surface area contributed by atoms with Gasteiger partial charge in [-0.25, -0.2) is 9.38 Å². The highest BCUT2D eigenvalue weighted by Gasteiger charge is 2.05. The predicted octanol–water partition coefficient (Wildman–Crippen LogP) is 2.31. The van der Waals surface area contributed by atoms with E-state index in [2.05, 4.69) is 21.9 Å². The van der Waals surface area contributed by atoms with Crippen LogP contribution in [0.15, 0.2) is 23.2 Å². The van der Waals surface area contributed by atoms with E-state index in [1.165, 1.54) is 0 Å². The minimum atomic E-state index is -0.215. The summed E-state index contributed by atoms with van der Waals surface area (Å²) >= 11 is 1.78. The molecule has 4 nitrogen and oxygen atoms in total. The van der Waals surface area contributed by atoms with Crippen molar-refractivity contribution in [1.82, 2.24) is 10.6 Å². The molecule has 0 amide bonds. The van der Waals surface area contributed by atoms with Gasteiger partial charge in [0.05, 0.1) is 12.2 Å². The maximum atomic E-state index is 13.9. The number of guanidine groups is 1. The van der Waals surface area contributed by atoms with Gasteiger partial charge in [0.15, 0.2) is 5.96 Å². The molecule has 0 saturated heterocycles. The van der Waals surface area contributed by atoms with Crippen LogP contribution in [0.4, 0.5) is 10.1 Å². The molecule has 2 N–H and O–H groups in total. The number of thioether (sulfide) groups is 1. The van der Waals surface area contributed by atoms with E-state index >= 15 is 0 Å². The molecule has 0 saturated carbocycles. The van der Waals surface area contributed by atoms with E-state index in [0.29, 0.717) is 12.2 Å². The summed E-state index contributed by atoms with van der Waals surface area (Å²) in [7, 11) is 3.66. The SMILES string of the molecule is CCNC(=NCc1ccc(N(C)C)c(F)c1)NCCSC. The fraction of sp³-hybridized carbons (Fsp3) is 0.533. The average Bonchev–Trinajstić information content (AvgIpc) is 2.44. The molecule has 0 bridgehead atoms. The van der Waals surface area contributed by atoms with Crippen molar-refractivity contribution in [1.29, 1.82) is 0 Å². The van der Waals surface area contributed by atoms with Crippen molar-refractivity contribution in [2.24, 2.45) is 4.99 Å². The van der Waals surface area contributed by atoms with E-state index in [1.807, 2.05) is 27.1 Å². The molecule has 1 aromatic carbocycles. The van der Waals surface area contributed by atoms with E-state index in [0.717, 1.165) is 30.4 Å². The number of anilines is 1. The summed E-state index contributed by atoms with van der Waals surface area (Å²) < 4.78 is 13.9. The monoisotopic (exact) mass is 312 g/mol. The zero-order valence-electron chi connectivity index (χ0n) is 13.2. The largest absolute Gasteiger partial charge is 0.375 e. The van der Waals surface area contributed by atoms with Crippen molar-refractivity contribution in [3.63, 3.8) is 0 Å². The Morgan fingerprint density at radius 1 is 1.33 bits per heavy atom. The molecule has 0 aliphatic heterocycles. The smallest absolute Gasteiger partial charge is 0.191 e. The first-order valence-electron chi connectivity index (χ1n) is 7.05. The third-order valence-corrected chi connectivity index (χ3v) is 3.47. The van der Waals surface area contributed by atoms with Crippen LogP contribution in [0.5, 0.6) is 0 Å². The second kappa shape index (κ2) is 9.50. The number of halogens is 1. The predicted molar refractivity (Wildman–Crippen MR) is 91.9 cm³/mol. The molecule has 0 fully saturated rings. The zero-order valence-corrected chi connectivity index (χ0v) is 14.1. The van der Waals surface area contributed by atoms with Crippen LogP contribution >= 0.6 is 11.8 Å². The summed E-state index contributed by atoms with van der Waals surface area (Å²) in [5, 5.41) is 6.44. The maximum absolute atomic E-state index is 13.9. The summed E-state index contributed by atoms with van der Waals surface area (Å²) in [6.07, 6.45) is 2.07. The Balaban J connectivity index is 2.68. The highest BCUT2D eigenvalue weighted by molar-refractivity contribution is 7.98. The van der Waals surface area contributed by atoms with Crippen molar-refractivity contribution in [2.45, 2.75) is 13.5 Å². The molecule has 0 unspecified atom stereocenters. The first kappa shape index (κ1) is 17.6. The Morgan fingerprint density at radius 2 is 2.10 bits per heavy atom. The Bertz CT molecular complexity index is 463. The molecule has 0 radical (unpaired) electrons. The van der Waals surface area contributed by atoms with E-state index in [9.17, 15) is 4.39 Å². The summed E-state index contributed by atoms with van der Waals surface area (Å²) in [4.78, 5) is 6.24. The first-order chi connectivity index (χ1) is 10.1. The minimum absolute atomic E-state index is 0.215. The third-order valence-electron chi connectivity index (χ3n) is 2.86. The molecule has 0 aromatic heterocycles. The van der Waals surface area contributed by atoms with Gasteiger partial charge in [-0.05, 0) is 30.9 Å². The summed E-state index contributed by atoms with van der Waals surface area (Å²) in [6.45, 7) is 4.15. The highest BCUT2D eigenvalue weighted by Crippen LogP contribution is 2.18. The van der Waals surface area contributed by atoms with Crippen molar-refractivity contribution < 1.29 is 4.39 Å². The lowest BCUT2D eigenvalue weighted by Crippen LogP contribution is -2.38. The van der Waals surface area contributed by atoms with Gasteiger partial charge in [-0.1, -0.05) is 6.07 Å². The van der Waals surface area contributed by atoms with Crippen LogP contribution in [-0.2, 0) is 6.54 Å². The molecule has 0 atom stereocenters. The Hall–Kier alpha value is -1.43. The van der Waals surface area contributed by atoms with Gasteiger partial charge in [0.2, 0.25) is 0 Å². The molecule has 0 aliphatic rings. The molecule has 21 heavy (non-hydrogen) atoms. The van der Waals surface area contributed by atoms with Crippen molar-refractivity contribution in [2.75, 3.05) is 44.1 Å². The van der Waals surface area contributed by atoms with Crippen LogP contribution in [0.2, 0.25) is 0 Å². The van der Waals surface area contributed by atoms with E-state index in [-0.39, 0.29) is 5.82 Å². The van der Waals surface area contributed by atoms with Gasteiger partial charge in [-0.2, -0.15) is 11.8 Å². The summed E-state index contributed by atoms with van der Waals surface area (Å²) in [5.74, 6) is 1.58. The van der Waals surface area contributed by atoms with Crippen LogP contribution < -0.4 is 15.5 Å². The fourth-order valence-corrected chi connectivity index (χ4v) is 2.10. The maximum Gasteiger partial charge on any atom is 0.191 e. The normalized spacial score (nSPS) is 11.4. The summed E-state index contributed by atoms with van der Waals surface area (Å²) in [6, 6.07) is 5.24. The second-order valence-electron chi connectivity index (χ2n) is 4.79. The van der Waals surface area contributed by atoms with Gasteiger partial charge in [0.1, 0.15) is 5.82 Å². The lowest BCUT2D eigenvalue weighted by atomic mass is 10.2.